The number of benzene rings is 1. The number of carbonyl (C=O) groups is 2. The van der Waals surface area contributed by atoms with E-state index in [4.69, 9.17) is 0 Å². The molecule has 0 radical (unpaired) electrons. The monoisotopic (exact) mass is 369 g/mol. The number of aliphatic carboxylic acids is 1. The van der Waals surface area contributed by atoms with Crippen LogP contribution in [0.25, 0.3) is 0 Å². The highest BCUT2D eigenvalue weighted by Gasteiger charge is 2.38. The molecule has 138 valence electrons. The zero-order chi connectivity index (χ0) is 18.6. The summed E-state index contributed by atoms with van der Waals surface area (Å²) in [5.41, 5.74) is 0. The summed E-state index contributed by atoms with van der Waals surface area (Å²) < 4.78 is 26.5. The number of amides is 2. The predicted molar refractivity (Wildman–Crippen MR) is 91.1 cm³/mol. The van der Waals surface area contributed by atoms with Gasteiger partial charge in [-0.05, 0) is 30.9 Å². The van der Waals surface area contributed by atoms with Gasteiger partial charge in [0, 0.05) is 13.1 Å². The lowest BCUT2D eigenvalue weighted by molar-refractivity contribution is -0.139. The van der Waals surface area contributed by atoms with E-state index in [1.165, 1.54) is 12.1 Å². The standard InChI is InChI=1S/C16H23N3O5S/c1-12(2)11-14(15(20)21)17-16(22)18-9-6-10-19(18)25(23,24)13-7-4-3-5-8-13/h3-5,7-8,12,14H,6,9-11H2,1-2H3,(H,17,22)(H,20,21)/t14-/m0/s1. The van der Waals surface area contributed by atoms with E-state index in [1.54, 1.807) is 18.2 Å². The van der Waals surface area contributed by atoms with Gasteiger partial charge in [-0.2, -0.15) is 0 Å². The van der Waals surface area contributed by atoms with E-state index in [1.807, 2.05) is 13.8 Å². The first kappa shape index (κ1) is 19.2. The van der Waals surface area contributed by atoms with Gasteiger partial charge in [0.25, 0.3) is 10.0 Å². The van der Waals surface area contributed by atoms with Crippen LogP contribution in [0, 0.1) is 5.92 Å². The molecule has 1 heterocycles. The second-order valence-electron chi connectivity index (χ2n) is 6.31. The summed E-state index contributed by atoms with van der Waals surface area (Å²) in [6.45, 7) is 4.09. The normalized spacial score (nSPS) is 16.8. The summed E-state index contributed by atoms with van der Waals surface area (Å²) >= 11 is 0. The molecule has 1 aromatic carbocycles. The van der Waals surface area contributed by atoms with Crippen molar-refractivity contribution in [2.24, 2.45) is 5.92 Å². The van der Waals surface area contributed by atoms with Crippen molar-refractivity contribution in [1.29, 1.82) is 0 Å². The molecule has 9 heteroatoms. The highest BCUT2D eigenvalue weighted by molar-refractivity contribution is 7.89. The Bertz CT molecular complexity index is 721. The zero-order valence-electron chi connectivity index (χ0n) is 14.3. The largest absolute Gasteiger partial charge is 0.480 e. The van der Waals surface area contributed by atoms with Crippen molar-refractivity contribution in [1.82, 2.24) is 14.7 Å². The molecule has 2 N–H and O–H groups in total. The number of carboxylic acid groups (broad SMARTS) is 1. The van der Waals surface area contributed by atoms with Crippen LogP contribution in [0.3, 0.4) is 0 Å². The van der Waals surface area contributed by atoms with Gasteiger partial charge in [0.1, 0.15) is 6.04 Å². The fourth-order valence-electron chi connectivity index (χ4n) is 2.67. The summed E-state index contributed by atoms with van der Waals surface area (Å²) in [6, 6.07) is 6.06. The second-order valence-corrected chi connectivity index (χ2v) is 8.15. The highest BCUT2D eigenvalue weighted by atomic mass is 32.2. The zero-order valence-corrected chi connectivity index (χ0v) is 15.1. The molecule has 0 unspecified atom stereocenters. The average Bonchev–Trinajstić information content (AvgIpc) is 3.05. The third kappa shape index (κ3) is 4.49. The molecule has 1 atom stereocenters. The van der Waals surface area contributed by atoms with E-state index in [2.05, 4.69) is 5.32 Å². The molecule has 1 saturated heterocycles. The molecule has 1 aliphatic rings. The molecular formula is C16H23N3O5S. The van der Waals surface area contributed by atoms with Gasteiger partial charge in [-0.25, -0.2) is 23.0 Å². The highest BCUT2D eigenvalue weighted by Crippen LogP contribution is 2.22. The van der Waals surface area contributed by atoms with Crippen LogP contribution in [0.15, 0.2) is 35.2 Å². The number of nitrogens with one attached hydrogen (secondary N) is 1. The summed E-state index contributed by atoms with van der Waals surface area (Å²) in [5.74, 6) is -1.07. The number of nitrogens with zero attached hydrogens (tertiary/aromatic N) is 2. The summed E-state index contributed by atoms with van der Waals surface area (Å²) in [7, 11) is -3.86. The lowest BCUT2D eigenvalue weighted by Crippen LogP contribution is -2.53. The number of carboxylic acids is 1. The summed E-state index contributed by atoms with van der Waals surface area (Å²) in [4.78, 5) is 23.9. The van der Waals surface area contributed by atoms with Crippen LogP contribution in [-0.2, 0) is 14.8 Å². The average molecular weight is 369 g/mol. The second kappa shape index (κ2) is 7.83. The lowest BCUT2D eigenvalue weighted by atomic mass is 10.0. The minimum absolute atomic E-state index is 0.0733. The van der Waals surface area contributed by atoms with Crippen LogP contribution >= 0.6 is 0 Å². The van der Waals surface area contributed by atoms with Gasteiger partial charge < -0.3 is 10.4 Å². The molecule has 0 bridgehead atoms. The fourth-order valence-corrected chi connectivity index (χ4v) is 4.20. The number of hydrazine groups is 1. The van der Waals surface area contributed by atoms with Gasteiger partial charge in [-0.15, -0.1) is 4.41 Å². The lowest BCUT2D eigenvalue weighted by Gasteiger charge is -2.28. The Kier molecular flexibility index (Phi) is 6.02. The number of urea groups is 1. The van der Waals surface area contributed by atoms with E-state index in [-0.39, 0.29) is 30.3 Å². The minimum atomic E-state index is -3.86. The van der Waals surface area contributed by atoms with Crippen molar-refractivity contribution in [3.8, 4) is 0 Å². The van der Waals surface area contributed by atoms with Gasteiger partial charge in [-0.1, -0.05) is 32.0 Å². The topological polar surface area (TPSA) is 107 Å². The molecule has 25 heavy (non-hydrogen) atoms. The van der Waals surface area contributed by atoms with E-state index in [9.17, 15) is 23.1 Å². The number of hydrogen-bond acceptors (Lipinski definition) is 4. The van der Waals surface area contributed by atoms with Gasteiger partial charge in [0.2, 0.25) is 0 Å². The van der Waals surface area contributed by atoms with Crippen molar-refractivity contribution in [3.63, 3.8) is 0 Å². The van der Waals surface area contributed by atoms with Crippen LogP contribution in [0.1, 0.15) is 26.7 Å². The third-order valence-corrected chi connectivity index (χ3v) is 5.65. The number of hydrogen-bond donors (Lipinski definition) is 2. The van der Waals surface area contributed by atoms with Crippen molar-refractivity contribution < 1.29 is 23.1 Å². The third-order valence-electron chi connectivity index (χ3n) is 3.84. The maximum atomic E-state index is 12.7. The smallest absolute Gasteiger partial charge is 0.333 e. The SMILES string of the molecule is CC(C)C[C@H](NC(=O)N1CCCN1S(=O)(=O)c1ccccc1)C(=O)O. The van der Waals surface area contributed by atoms with Crippen LogP contribution in [0.2, 0.25) is 0 Å². The van der Waals surface area contributed by atoms with Gasteiger partial charge >= 0.3 is 12.0 Å². The number of sulfonamides is 1. The van der Waals surface area contributed by atoms with Crippen molar-refractivity contribution in [3.05, 3.63) is 30.3 Å². The Morgan fingerprint density at radius 3 is 2.40 bits per heavy atom. The first-order chi connectivity index (χ1) is 11.7. The Labute approximate surface area is 147 Å². The van der Waals surface area contributed by atoms with Crippen molar-refractivity contribution in [2.75, 3.05) is 13.1 Å². The predicted octanol–water partition coefficient (Wildman–Crippen LogP) is 1.51. The quantitative estimate of drug-likeness (QED) is 0.790. The van der Waals surface area contributed by atoms with Crippen LogP contribution in [0.4, 0.5) is 4.79 Å². The van der Waals surface area contributed by atoms with Crippen LogP contribution in [-0.4, -0.2) is 54.1 Å². The molecule has 2 amide bonds. The molecule has 0 spiro atoms. The summed E-state index contributed by atoms with van der Waals surface area (Å²) in [5, 5.41) is 12.7. The first-order valence-electron chi connectivity index (χ1n) is 8.12. The Morgan fingerprint density at radius 2 is 1.84 bits per heavy atom. The van der Waals surface area contributed by atoms with Gasteiger partial charge in [0.05, 0.1) is 4.90 Å². The number of carbonyl (C=O) groups excluding carboxylic acids is 1. The first-order valence-corrected chi connectivity index (χ1v) is 9.56. The van der Waals surface area contributed by atoms with Crippen molar-refractivity contribution >= 4 is 22.0 Å². The van der Waals surface area contributed by atoms with Gasteiger partial charge in [0.15, 0.2) is 0 Å². The van der Waals surface area contributed by atoms with Crippen molar-refractivity contribution in [2.45, 2.75) is 37.6 Å². The number of rotatable bonds is 6. The molecule has 1 aliphatic heterocycles. The Balaban J connectivity index is 2.18. The molecule has 0 saturated carbocycles. The van der Waals surface area contributed by atoms with Crippen LogP contribution in [0.5, 0.6) is 0 Å². The molecule has 1 fully saturated rings. The summed E-state index contributed by atoms with van der Waals surface area (Å²) in [6.07, 6.45) is 0.752. The fraction of sp³-hybridized carbons (Fsp3) is 0.500. The molecule has 8 nitrogen and oxygen atoms in total. The van der Waals surface area contributed by atoms with E-state index in [0.717, 1.165) is 9.42 Å². The van der Waals surface area contributed by atoms with E-state index < -0.39 is 28.1 Å². The molecule has 0 aliphatic carbocycles. The molecule has 0 aromatic heterocycles. The van der Waals surface area contributed by atoms with Crippen LogP contribution < -0.4 is 5.32 Å². The van der Waals surface area contributed by atoms with Gasteiger partial charge in [-0.3, -0.25) is 0 Å². The molecule has 1 aromatic rings. The maximum Gasteiger partial charge on any atom is 0.333 e. The van der Waals surface area contributed by atoms with E-state index >= 15 is 0 Å². The molecule has 2 rings (SSSR count). The Hall–Kier alpha value is -2.13. The maximum absolute atomic E-state index is 12.7. The minimum Gasteiger partial charge on any atom is -0.480 e. The Morgan fingerprint density at radius 1 is 1.20 bits per heavy atom. The van der Waals surface area contributed by atoms with E-state index in [0.29, 0.717) is 6.42 Å². The molecular weight excluding hydrogens is 346 g/mol.